The standard InChI is InChI=1S/C16H24O3/c1-4-6-9-16(3,5-2)19-15(18)13-10-11-7-8-12(13)14(11)17/h7-8,11-13H,4-6,9-10H2,1-3H3. The maximum absolute atomic E-state index is 12.3. The van der Waals surface area contributed by atoms with Gasteiger partial charge in [0.15, 0.2) is 0 Å². The molecular weight excluding hydrogens is 240 g/mol. The predicted molar refractivity (Wildman–Crippen MR) is 73.5 cm³/mol. The Morgan fingerprint density at radius 1 is 1.42 bits per heavy atom. The maximum atomic E-state index is 12.3. The molecule has 2 rings (SSSR count). The van der Waals surface area contributed by atoms with E-state index < -0.39 is 0 Å². The van der Waals surface area contributed by atoms with E-state index in [-0.39, 0.29) is 35.1 Å². The maximum Gasteiger partial charge on any atom is 0.310 e. The van der Waals surface area contributed by atoms with E-state index >= 15 is 0 Å². The van der Waals surface area contributed by atoms with Gasteiger partial charge in [-0.15, -0.1) is 0 Å². The van der Waals surface area contributed by atoms with Crippen LogP contribution in [0.15, 0.2) is 12.2 Å². The summed E-state index contributed by atoms with van der Waals surface area (Å²) in [7, 11) is 0. The van der Waals surface area contributed by atoms with Crippen molar-refractivity contribution < 1.29 is 14.3 Å². The van der Waals surface area contributed by atoms with Gasteiger partial charge in [-0.05, 0) is 32.6 Å². The first-order chi connectivity index (χ1) is 9.00. The van der Waals surface area contributed by atoms with Crippen LogP contribution in [0, 0.1) is 17.8 Å². The monoisotopic (exact) mass is 264 g/mol. The van der Waals surface area contributed by atoms with Crippen molar-refractivity contribution in [3.8, 4) is 0 Å². The third-order valence-corrected chi connectivity index (χ3v) is 4.64. The highest BCUT2D eigenvalue weighted by atomic mass is 16.6. The zero-order valence-electron chi connectivity index (χ0n) is 12.1. The average Bonchev–Trinajstić information content (AvgIpc) is 2.92. The quantitative estimate of drug-likeness (QED) is 0.546. The molecule has 4 unspecified atom stereocenters. The fourth-order valence-corrected chi connectivity index (χ4v) is 3.05. The minimum Gasteiger partial charge on any atom is -0.459 e. The highest BCUT2D eigenvalue weighted by molar-refractivity contribution is 5.96. The number of unbranched alkanes of at least 4 members (excludes halogenated alkanes) is 1. The molecule has 4 atom stereocenters. The van der Waals surface area contributed by atoms with E-state index in [0.29, 0.717) is 6.42 Å². The van der Waals surface area contributed by atoms with Crippen molar-refractivity contribution in [2.24, 2.45) is 17.8 Å². The Morgan fingerprint density at radius 3 is 2.63 bits per heavy atom. The van der Waals surface area contributed by atoms with Crippen LogP contribution in [0.5, 0.6) is 0 Å². The average molecular weight is 264 g/mol. The van der Waals surface area contributed by atoms with Crippen molar-refractivity contribution in [3.05, 3.63) is 12.2 Å². The van der Waals surface area contributed by atoms with E-state index in [9.17, 15) is 9.59 Å². The summed E-state index contributed by atoms with van der Waals surface area (Å²) in [5.41, 5.74) is -0.373. The second kappa shape index (κ2) is 5.48. The Labute approximate surface area is 115 Å². The van der Waals surface area contributed by atoms with Gasteiger partial charge in [0, 0.05) is 11.8 Å². The third kappa shape index (κ3) is 2.75. The summed E-state index contributed by atoms with van der Waals surface area (Å²) in [6.07, 6.45) is 8.35. The number of ether oxygens (including phenoxy) is 1. The van der Waals surface area contributed by atoms with E-state index in [1.807, 2.05) is 19.1 Å². The minimum absolute atomic E-state index is 0.0360. The van der Waals surface area contributed by atoms with Crippen molar-refractivity contribution in [3.63, 3.8) is 0 Å². The van der Waals surface area contributed by atoms with Gasteiger partial charge in [0.05, 0.1) is 5.92 Å². The van der Waals surface area contributed by atoms with Crippen LogP contribution >= 0.6 is 0 Å². The molecule has 0 aliphatic heterocycles. The molecule has 19 heavy (non-hydrogen) atoms. The number of esters is 1. The van der Waals surface area contributed by atoms with Crippen LogP contribution in [-0.4, -0.2) is 17.4 Å². The lowest BCUT2D eigenvalue weighted by atomic mass is 9.92. The molecule has 0 radical (unpaired) electrons. The summed E-state index contributed by atoms with van der Waals surface area (Å²) in [5, 5.41) is 0. The zero-order valence-corrected chi connectivity index (χ0v) is 12.1. The molecule has 2 aliphatic carbocycles. The van der Waals surface area contributed by atoms with Gasteiger partial charge >= 0.3 is 5.97 Å². The molecule has 0 aromatic rings. The number of allylic oxidation sites excluding steroid dienone is 2. The molecule has 106 valence electrons. The number of hydrogen-bond donors (Lipinski definition) is 0. The van der Waals surface area contributed by atoms with E-state index in [2.05, 4.69) is 13.8 Å². The molecular formula is C16H24O3. The second-order valence-electron chi connectivity index (χ2n) is 6.09. The molecule has 0 saturated heterocycles. The van der Waals surface area contributed by atoms with Gasteiger partial charge in [0.25, 0.3) is 0 Å². The lowest BCUT2D eigenvalue weighted by Crippen LogP contribution is -2.35. The van der Waals surface area contributed by atoms with E-state index in [4.69, 9.17) is 4.74 Å². The zero-order chi connectivity index (χ0) is 14.0. The number of ketones is 1. The molecule has 3 nitrogen and oxygen atoms in total. The molecule has 0 aromatic carbocycles. The fourth-order valence-electron chi connectivity index (χ4n) is 3.05. The molecule has 0 heterocycles. The molecule has 2 aliphatic rings. The van der Waals surface area contributed by atoms with Crippen molar-refractivity contribution in [2.75, 3.05) is 0 Å². The van der Waals surface area contributed by atoms with Crippen LogP contribution in [0.25, 0.3) is 0 Å². The topological polar surface area (TPSA) is 43.4 Å². The number of carbonyl (C=O) groups is 2. The minimum atomic E-state index is -0.373. The van der Waals surface area contributed by atoms with Crippen LogP contribution in [0.1, 0.15) is 52.9 Å². The number of hydrogen-bond acceptors (Lipinski definition) is 3. The fraction of sp³-hybridized carbons (Fsp3) is 0.750. The largest absolute Gasteiger partial charge is 0.459 e. The molecule has 2 bridgehead atoms. The number of carbonyl (C=O) groups excluding carboxylic acids is 2. The second-order valence-corrected chi connectivity index (χ2v) is 6.09. The van der Waals surface area contributed by atoms with Crippen molar-refractivity contribution in [2.45, 2.75) is 58.5 Å². The Hall–Kier alpha value is -1.12. The van der Waals surface area contributed by atoms with Gasteiger partial charge in [0.1, 0.15) is 11.4 Å². The van der Waals surface area contributed by atoms with Crippen molar-refractivity contribution >= 4 is 11.8 Å². The number of Topliss-reactive ketones (excluding diaryl/α,β-unsaturated/α-hetero) is 1. The van der Waals surface area contributed by atoms with Crippen LogP contribution < -0.4 is 0 Å². The summed E-state index contributed by atoms with van der Waals surface area (Å²) >= 11 is 0. The van der Waals surface area contributed by atoms with Crippen LogP contribution in [0.2, 0.25) is 0 Å². The molecule has 1 fully saturated rings. The summed E-state index contributed by atoms with van der Waals surface area (Å²) < 4.78 is 5.75. The smallest absolute Gasteiger partial charge is 0.310 e. The highest BCUT2D eigenvalue weighted by Crippen LogP contribution is 2.42. The Bertz CT molecular complexity index is 399. The normalized spacial score (nSPS) is 31.5. The first kappa shape index (κ1) is 14.3. The van der Waals surface area contributed by atoms with E-state index in [1.165, 1.54) is 0 Å². The van der Waals surface area contributed by atoms with Gasteiger partial charge in [-0.3, -0.25) is 9.59 Å². The Morgan fingerprint density at radius 2 is 2.16 bits per heavy atom. The van der Waals surface area contributed by atoms with Crippen LogP contribution in [0.3, 0.4) is 0 Å². The Balaban J connectivity index is 1.97. The summed E-state index contributed by atoms with van der Waals surface area (Å²) in [6.45, 7) is 6.19. The SMILES string of the molecule is CCCCC(C)(CC)OC(=O)C1CC2C=CC1C2=O. The van der Waals surface area contributed by atoms with Gasteiger partial charge in [-0.2, -0.15) is 0 Å². The lowest BCUT2D eigenvalue weighted by Gasteiger charge is -2.30. The van der Waals surface area contributed by atoms with Gasteiger partial charge in [-0.1, -0.05) is 32.4 Å². The molecule has 0 N–H and O–H groups in total. The lowest BCUT2D eigenvalue weighted by molar-refractivity contribution is -0.165. The third-order valence-electron chi connectivity index (χ3n) is 4.64. The molecule has 0 amide bonds. The molecule has 0 spiro atoms. The number of fused-ring (bicyclic) bond motifs is 2. The highest BCUT2D eigenvalue weighted by Gasteiger charge is 2.48. The first-order valence-corrected chi connectivity index (χ1v) is 7.45. The van der Waals surface area contributed by atoms with Gasteiger partial charge in [-0.25, -0.2) is 0 Å². The molecule has 3 heteroatoms. The van der Waals surface area contributed by atoms with E-state index in [0.717, 1.165) is 25.7 Å². The summed E-state index contributed by atoms with van der Waals surface area (Å²) in [5.74, 6) is -0.467. The van der Waals surface area contributed by atoms with Crippen molar-refractivity contribution in [1.29, 1.82) is 0 Å². The van der Waals surface area contributed by atoms with Crippen LogP contribution in [-0.2, 0) is 14.3 Å². The van der Waals surface area contributed by atoms with Gasteiger partial charge in [0.2, 0.25) is 0 Å². The summed E-state index contributed by atoms with van der Waals surface area (Å²) in [6, 6.07) is 0. The Kier molecular flexibility index (Phi) is 4.12. The van der Waals surface area contributed by atoms with Gasteiger partial charge < -0.3 is 4.74 Å². The summed E-state index contributed by atoms with van der Waals surface area (Å²) in [4.78, 5) is 24.1. The predicted octanol–water partition coefficient (Wildman–Crippen LogP) is 3.28. The molecule has 1 saturated carbocycles. The van der Waals surface area contributed by atoms with E-state index in [1.54, 1.807) is 0 Å². The van der Waals surface area contributed by atoms with Crippen molar-refractivity contribution in [1.82, 2.24) is 0 Å². The number of rotatable bonds is 6. The first-order valence-electron chi connectivity index (χ1n) is 7.45. The van der Waals surface area contributed by atoms with Crippen LogP contribution in [0.4, 0.5) is 0 Å². The molecule has 0 aromatic heterocycles.